The molecule has 0 unspecified atom stereocenters. The number of rotatable bonds is 4. The van der Waals surface area contributed by atoms with Gasteiger partial charge in [0.1, 0.15) is 5.15 Å². The van der Waals surface area contributed by atoms with E-state index < -0.39 is 0 Å². The minimum absolute atomic E-state index is 0.407. The molecule has 1 aromatic carbocycles. The van der Waals surface area contributed by atoms with E-state index in [9.17, 15) is 0 Å². The first-order valence-corrected chi connectivity index (χ1v) is 7.78. The largest absolute Gasteiger partial charge is 0.295 e. The Labute approximate surface area is 132 Å². The van der Waals surface area contributed by atoms with Crippen molar-refractivity contribution in [1.82, 2.24) is 19.5 Å². The summed E-state index contributed by atoms with van der Waals surface area (Å²) in [6.45, 7) is 2.08. The molecule has 0 atom stereocenters. The molecule has 0 fully saturated rings. The van der Waals surface area contributed by atoms with Gasteiger partial charge in [-0.05, 0) is 24.6 Å². The number of halogens is 1. The Balaban J connectivity index is 1.78. The van der Waals surface area contributed by atoms with Gasteiger partial charge in [-0.2, -0.15) is 0 Å². The molecule has 0 bridgehead atoms. The number of benzene rings is 1. The Hall–Kier alpha value is -1.85. The van der Waals surface area contributed by atoms with Crippen LogP contribution >= 0.6 is 23.4 Å². The van der Waals surface area contributed by atoms with Gasteiger partial charge < -0.3 is 0 Å². The van der Waals surface area contributed by atoms with Crippen LogP contribution in [0.25, 0.3) is 5.69 Å². The summed E-state index contributed by atoms with van der Waals surface area (Å²) in [5.74, 6) is 0.701. The van der Waals surface area contributed by atoms with Gasteiger partial charge in [-0.1, -0.05) is 35.5 Å². The highest BCUT2D eigenvalue weighted by molar-refractivity contribution is 7.98. The monoisotopic (exact) mass is 316 g/mol. The Bertz CT molecular complexity index is 739. The molecule has 0 N–H and O–H groups in total. The normalized spacial score (nSPS) is 10.8. The predicted molar refractivity (Wildman–Crippen MR) is 84.9 cm³/mol. The van der Waals surface area contributed by atoms with Gasteiger partial charge in [0.05, 0.1) is 18.1 Å². The topological polar surface area (TPSA) is 43.6 Å². The van der Waals surface area contributed by atoms with E-state index in [2.05, 4.69) is 44.6 Å². The Morgan fingerprint density at radius 1 is 1.19 bits per heavy atom. The minimum atomic E-state index is 0.407. The van der Waals surface area contributed by atoms with E-state index in [-0.39, 0.29) is 0 Å². The number of hydrogen-bond acceptors (Lipinski definition) is 4. The zero-order valence-corrected chi connectivity index (χ0v) is 13.0. The van der Waals surface area contributed by atoms with E-state index in [4.69, 9.17) is 11.6 Å². The van der Waals surface area contributed by atoms with E-state index in [0.29, 0.717) is 10.9 Å². The fraction of sp³-hybridized carbons (Fsp3) is 0.133. The van der Waals surface area contributed by atoms with Crippen molar-refractivity contribution in [3.8, 4) is 5.69 Å². The molecule has 0 radical (unpaired) electrons. The summed E-state index contributed by atoms with van der Waals surface area (Å²) >= 11 is 7.35. The second-order valence-electron chi connectivity index (χ2n) is 4.54. The molecule has 0 saturated carbocycles. The summed E-state index contributed by atoms with van der Waals surface area (Å²) in [7, 11) is 0. The van der Waals surface area contributed by atoms with E-state index in [1.165, 1.54) is 5.56 Å². The van der Waals surface area contributed by atoms with Crippen LogP contribution in [-0.4, -0.2) is 19.5 Å². The van der Waals surface area contributed by atoms with Crippen LogP contribution in [0.4, 0.5) is 0 Å². The highest BCUT2D eigenvalue weighted by Crippen LogP contribution is 2.23. The molecule has 106 valence electrons. The summed E-state index contributed by atoms with van der Waals surface area (Å²) in [5.41, 5.74) is 3.21. The lowest BCUT2D eigenvalue weighted by Crippen LogP contribution is -1.96. The first-order chi connectivity index (χ1) is 10.2. The molecule has 0 aliphatic rings. The zero-order valence-electron chi connectivity index (χ0n) is 11.4. The molecule has 2 heterocycles. The van der Waals surface area contributed by atoms with Crippen LogP contribution in [0.1, 0.15) is 11.3 Å². The third-order valence-corrected chi connectivity index (χ3v) is 4.11. The average Bonchev–Trinajstić information content (AvgIpc) is 2.95. The maximum Gasteiger partial charge on any atom is 0.172 e. The van der Waals surface area contributed by atoms with Gasteiger partial charge in [-0.3, -0.25) is 9.55 Å². The van der Waals surface area contributed by atoms with Crippen molar-refractivity contribution < 1.29 is 0 Å². The van der Waals surface area contributed by atoms with Gasteiger partial charge in [0, 0.05) is 23.8 Å². The van der Waals surface area contributed by atoms with E-state index in [1.807, 2.05) is 12.3 Å². The van der Waals surface area contributed by atoms with Crippen molar-refractivity contribution in [2.75, 3.05) is 0 Å². The molecule has 0 aliphatic heterocycles. The van der Waals surface area contributed by atoms with Crippen LogP contribution in [0.5, 0.6) is 0 Å². The number of hydrogen-bond donors (Lipinski definition) is 0. The van der Waals surface area contributed by atoms with Gasteiger partial charge in [0.15, 0.2) is 5.16 Å². The summed E-state index contributed by atoms with van der Waals surface area (Å²) < 4.78 is 2.07. The Kier molecular flexibility index (Phi) is 4.22. The summed E-state index contributed by atoms with van der Waals surface area (Å²) in [6.07, 6.45) is 7.02. The zero-order chi connectivity index (χ0) is 14.7. The van der Waals surface area contributed by atoms with Gasteiger partial charge in [-0.25, -0.2) is 9.97 Å². The molecule has 2 aromatic heterocycles. The first kappa shape index (κ1) is 14.1. The molecular weight excluding hydrogens is 304 g/mol. The minimum Gasteiger partial charge on any atom is -0.295 e. The molecule has 0 amide bonds. The van der Waals surface area contributed by atoms with Crippen molar-refractivity contribution in [2.24, 2.45) is 0 Å². The van der Waals surface area contributed by atoms with E-state index in [0.717, 1.165) is 16.5 Å². The highest BCUT2D eigenvalue weighted by Gasteiger charge is 2.07. The fourth-order valence-corrected chi connectivity index (χ4v) is 2.89. The summed E-state index contributed by atoms with van der Waals surface area (Å²) in [4.78, 5) is 12.7. The number of nitrogens with zero attached hydrogens (tertiary/aromatic N) is 4. The molecular formula is C15H13ClN4S. The van der Waals surface area contributed by atoms with Crippen LogP contribution in [0.15, 0.2) is 54.2 Å². The van der Waals surface area contributed by atoms with Gasteiger partial charge in [0.25, 0.3) is 0 Å². The maximum absolute atomic E-state index is 5.73. The fourth-order valence-electron chi connectivity index (χ4n) is 1.92. The Morgan fingerprint density at radius 3 is 2.86 bits per heavy atom. The average molecular weight is 317 g/mol. The summed E-state index contributed by atoms with van der Waals surface area (Å²) in [5, 5.41) is 1.34. The number of aryl methyl sites for hydroxylation is 1. The quantitative estimate of drug-likeness (QED) is 0.684. The van der Waals surface area contributed by atoms with E-state index >= 15 is 0 Å². The SMILES string of the molecule is Cc1cccc(-n2ccnc2SCc2cnc(Cl)cn2)c1. The van der Waals surface area contributed by atoms with Crippen molar-refractivity contribution >= 4 is 23.4 Å². The first-order valence-electron chi connectivity index (χ1n) is 6.42. The lowest BCUT2D eigenvalue weighted by Gasteiger charge is -2.08. The number of aromatic nitrogens is 4. The van der Waals surface area contributed by atoms with Crippen LogP contribution in [0.2, 0.25) is 5.15 Å². The highest BCUT2D eigenvalue weighted by atomic mass is 35.5. The lowest BCUT2D eigenvalue weighted by molar-refractivity contribution is 0.892. The van der Waals surface area contributed by atoms with Crippen LogP contribution < -0.4 is 0 Å². The molecule has 4 nitrogen and oxygen atoms in total. The predicted octanol–water partition coefficient (Wildman–Crippen LogP) is 3.92. The second-order valence-corrected chi connectivity index (χ2v) is 5.87. The maximum atomic E-state index is 5.73. The molecule has 3 rings (SSSR count). The van der Waals surface area contributed by atoms with Crippen molar-refractivity contribution in [2.45, 2.75) is 17.8 Å². The molecule has 6 heteroatoms. The second kappa shape index (κ2) is 6.28. The molecule has 21 heavy (non-hydrogen) atoms. The van der Waals surface area contributed by atoms with Crippen molar-refractivity contribution in [3.05, 3.63) is 65.5 Å². The summed E-state index contributed by atoms with van der Waals surface area (Å²) in [6, 6.07) is 8.33. The number of thioether (sulfide) groups is 1. The van der Waals surface area contributed by atoms with Crippen molar-refractivity contribution in [1.29, 1.82) is 0 Å². The van der Waals surface area contributed by atoms with Gasteiger partial charge in [0.2, 0.25) is 0 Å². The number of imidazole rings is 1. The van der Waals surface area contributed by atoms with Gasteiger partial charge >= 0.3 is 0 Å². The van der Waals surface area contributed by atoms with Crippen molar-refractivity contribution in [3.63, 3.8) is 0 Å². The van der Waals surface area contributed by atoms with Crippen LogP contribution in [-0.2, 0) is 5.75 Å². The molecule has 0 aliphatic carbocycles. The Morgan fingerprint density at radius 2 is 2.10 bits per heavy atom. The molecule has 3 aromatic rings. The third kappa shape index (κ3) is 3.43. The standard InChI is InChI=1S/C15H13ClN4S/c1-11-3-2-4-13(7-11)20-6-5-17-15(20)21-10-12-8-19-14(16)9-18-12/h2-9H,10H2,1H3. The lowest BCUT2D eigenvalue weighted by atomic mass is 10.2. The molecule has 0 spiro atoms. The smallest absolute Gasteiger partial charge is 0.172 e. The van der Waals surface area contributed by atoms with Gasteiger partial charge in [-0.15, -0.1) is 0 Å². The molecule has 0 saturated heterocycles. The van der Waals surface area contributed by atoms with Crippen LogP contribution in [0.3, 0.4) is 0 Å². The van der Waals surface area contributed by atoms with E-state index in [1.54, 1.807) is 30.4 Å². The van der Waals surface area contributed by atoms with Crippen LogP contribution in [0, 0.1) is 6.92 Å². The third-order valence-electron chi connectivity index (χ3n) is 2.91.